The van der Waals surface area contributed by atoms with Gasteiger partial charge in [-0.1, -0.05) is 276 Å². The standard InChI is InChI=1S/C83H57N/c1-82(2)71-33-17-15-20-56(71)58-45-43-54(48-73(58)82)78-64-26-9-5-22-60(64)75(61-23-6-10-27-65(61)78)50-35-37-52(38-36-50)77-68-30-13-14-31-69(68)80(81-70(77)32-19-47-84-81)53-41-39-51(40-42-53)76-62-24-7-11-28-66(62)79(67-29-12-8-25-63(67)76)55-44-46-59-57-21-16-18-34-72(57)83(3,4)74(59)49-55/h5-49H,1-4H3. The van der Waals surface area contributed by atoms with E-state index in [0.29, 0.717) is 0 Å². The maximum absolute atomic E-state index is 5.24. The third kappa shape index (κ3) is 6.93. The molecule has 0 bridgehead atoms. The van der Waals surface area contributed by atoms with Crippen molar-refractivity contribution in [2.24, 2.45) is 0 Å². The van der Waals surface area contributed by atoms with Gasteiger partial charge < -0.3 is 0 Å². The molecule has 0 radical (unpaired) electrons. The van der Waals surface area contributed by atoms with E-state index >= 15 is 0 Å². The Bertz CT molecular complexity index is 4780. The van der Waals surface area contributed by atoms with Crippen LogP contribution in [-0.4, -0.2) is 4.98 Å². The topological polar surface area (TPSA) is 12.9 Å². The molecule has 14 aromatic carbocycles. The van der Waals surface area contributed by atoms with Crippen molar-refractivity contribution in [1.29, 1.82) is 0 Å². The average molecular weight is 1070 g/mol. The predicted octanol–water partition coefficient (Wildman–Crippen LogP) is 22.6. The molecule has 0 aliphatic heterocycles. The average Bonchev–Trinajstić information content (AvgIpc) is 4.20. The Kier molecular flexibility index (Phi) is 10.5. The van der Waals surface area contributed by atoms with E-state index in [4.69, 9.17) is 4.98 Å². The quantitative estimate of drug-likeness (QED) is 0.151. The van der Waals surface area contributed by atoms with Gasteiger partial charge in [0, 0.05) is 28.0 Å². The molecule has 1 heterocycles. The van der Waals surface area contributed by atoms with Gasteiger partial charge in [0.25, 0.3) is 0 Å². The molecule has 0 fully saturated rings. The molecule has 15 aromatic rings. The van der Waals surface area contributed by atoms with E-state index in [0.717, 1.165) is 27.6 Å². The first-order valence-electron chi connectivity index (χ1n) is 29.6. The highest BCUT2D eigenvalue weighted by Gasteiger charge is 2.37. The van der Waals surface area contributed by atoms with Crippen LogP contribution in [0, 0.1) is 0 Å². The Hall–Kier alpha value is -10.2. The predicted molar refractivity (Wildman–Crippen MR) is 357 cm³/mol. The van der Waals surface area contributed by atoms with Crippen LogP contribution in [0.1, 0.15) is 49.9 Å². The molecular weight excluding hydrogens is 1010 g/mol. The van der Waals surface area contributed by atoms with Crippen molar-refractivity contribution in [3.63, 3.8) is 0 Å². The number of rotatable bonds is 6. The molecule has 0 saturated carbocycles. The summed E-state index contributed by atoms with van der Waals surface area (Å²) in [5.74, 6) is 0. The molecule has 0 amide bonds. The largest absolute Gasteiger partial charge is 0.256 e. The van der Waals surface area contributed by atoms with Crippen LogP contribution in [0.3, 0.4) is 0 Å². The van der Waals surface area contributed by atoms with Crippen molar-refractivity contribution in [2.75, 3.05) is 0 Å². The minimum absolute atomic E-state index is 0.0913. The summed E-state index contributed by atoms with van der Waals surface area (Å²) in [5, 5.41) is 13.6. The van der Waals surface area contributed by atoms with Crippen LogP contribution in [0.4, 0.5) is 0 Å². The van der Waals surface area contributed by atoms with Crippen molar-refractivity contribution in [1.82, 2.24) is 4.98 Å². The Morgan fingerprint density at radius 3 is 0.821 bits per heavy atom. The summed E-state index contributed by atoms with van der Waals surface area (Å²) >= 11 is 0. The van der Waals surface area contributed by atoms with Gasteiger partial charge in [0.1, 0.15) is 0 Å². The van der Waals surface area contributed by atoms with Crippen molar-refractivity contribution >= 4 is 64.8 Å². The van der Waals surface area contributed by atoms with Crippen molar-refractivity contribution in [3.05, 3.63) is 295 Å². The second kappa shape index (κ2) is 18.1. The lowest BCUT2D eigenvalue weighted by Gasteiger charge is -2.23. The minimum atomic E-state index is -0.0918. The number of nitrogens with zero attached hydrogens (tertiary/aromatic N) is 1. The summed E-state index contributed by atoms with van der Waals surface area (Å²) in [6.07, 6.45) is 1.95. The normalized spacial score (nSPS) is 13.7. The van der Waals surface area contributed by atoms with E-state index < -0.39 is 0 Å². The molecule has 0 N–H and O–H groups in total. The maximum Gasteiger partial charge on any atom is 0.0792 e. The van der Waals surface area contributed by atoms with Gasteiger partial charge in [-0.2, -0.15) is 0 Å². The van der Waals surface area contributed by atoms with E-state index in [9.17, 15) is 0 Å². The van der Waals surface area contributed by atoms with Gasteiger partial charge >= 0.3 is 0 Å². The molecule has 0 atom stereocenters. The fourth-order valence-corrected chi connectivity index (χ4v) is 15.4. The second-order valence-electron chi connectivity index (χ2n) is 24.4. The van der Waals surface area contributed by atoms with E-state index in [-0.39, 0.29) is 10.8 Å². The van der Waals surface area contributed by atoms with Crippen LogP contribution in [0.5, 0.6) is 0 Å². The zero-order chi connectivity index (χ0) is 56.0. The summed E-state index contributed by atoms with van der Waals surface area (Å²) in [5.41, 5.74) is 26.4. The minimum Gasteiger partial charge on any atom is -0.256 e. The van der Waals surface area contributed by atoms with Gasteiger partial charge in [-0.15, -0.1) is 0 Å². The first kappa shape index (κ1) is 48.5. The lowest BCUT2D eigenvalue weighted by Crippen LogP contribution is -2.14. The molecule has 17 rings (SSSR count). The van der Waals surface area contributed by atoms with E-state index in [1.807, 2.05) is 6.20 Å². The molecule has 1 heteroatoms. The maximum atomic E-state index is 5.24. The summed E-state index contributed by atoms with van der Waals surface area (Å²) in [6, 6.07) is 100. The van der Waals surface area contributed by atoms with Gasteiger partial charge in [-0.25, -0.2) is 0 Å². The first-order chi connectivity index (χ1) is 41.2. The van der Waals surface area contributed by atoms with Crippen molar-refractivity contribution < 1.29 is 0 Å². The van der Waals surface area contributed by atoms with Crippen LogP contribution in [0.2, 0.25) is 0 Å². The number of benzene rings is 14. The number of aromatic nitrogens is 1. The SMILES string of the molecule is CC1(C)c2ccccc2-c2ccc(-c3c4ccccc4c(-c4ccc(-c5c6ccccc6c(-c6ccc(-c7c8ccccc8c(-c8ccc9c(c8)C(C)(C)c8ccccc8-9)c8ccccc78)cc6)c6ncccc56)cc4)c4ccccc34)cc21. The highest BCUT2D eigenvalue weighted by Crippen LogP contribution is 2.54. The number of hydrogen-bond donors (Lipinski definition) is 0. The van der Waals surface area contributed by atoms with Crippen LogP contribution in [0.15, 0.2) is 273 Å². The summed E-state index contributed by atoms with van der Waals surface area (Å²) < 4.78 is 0. The molecule has 84 heavy (non-hydrogen) atoms. The Morgan fingerprint density at radius 1 is 0.214 bits per heavy atom. The molecule has 2 aliphatic carbocycles. The van der Waals surface area contributed by atoms with E-state index in [1.54, 1.807) is 0 Å². The molecule has 1 nitrogen and oxygen atoms in total. The molecule has 394 valence electrons. The summed E-state index contributed by atoms with van der Waals surface area (Å²) in [6.45, 7) is 9.49. The molecule has 0 saturated heterocycles. The lowest BCUT2D eigenvalue weighted by molar-refractivity contribution is 0.660. The number of fused-ring (bicyclic) bond motifs is 12. The summed E-state index contributed by atoms with van der Waals surface area (Å²) in [7, 11) is 0. The van der Waals surface area contributed by atoms with Crippen molar-refractivity contribution in [3.8, 4) is 89.0 Å². The highest BCUT2D eigenvalue weighted by atomic mass is 14.7. The molecular formula is C83H57N. The third-order valence-electron chi connectivity index (χ3n) is 19.3. The monoisotopic (exact) mass is 1070 g/mol. The van der Waals surface area contributed by atoms with Crippen molar-refractivity contribution in [2.45, 2.75) is 38.5 Å². The van der Waals surface area contributed by atoms with E-state index in [2.05, 4.69) is 295 Å². The van der Waals surface area contributed by atoms with Crippen LogP contribution in [-0.2, 0) is 10.8 Å². The Balaban J connectivity index is 0.768. The van der Waals surface area contributed by atoms with Gasteiger partial charge in [0.2, 0.25) is 0 Å². The zero-order valence-electron chi connectivity index (χ0n) is 47.4. The zero-order valence-corrected chi connectivity index (χ0v) is 47.4. The summed E-state index contributed by atoms with van der Waals surface area (Å²) in [4.78, 5) is 5.24. The van der Waals surface area contributed by atoms with Crippen LogP contribution < -0.4 is 0 Å². The molecule has 1 aromatic heterocycles. The van der Waals surface area contributed by atoms with Gasteiger partial charge in [-0.3, -0.25) is 4.98 Å². The fraction of sp³-hybridized carbons (Fsp3) is 0.0723. The highest BCUT2D eigenvalue weighted by molar-refractivity contribution is 6.24. The molecule has 2 aliphatic rings. The van der Waals surface area contributed by atoms with Crippen LogP contribution in [0.25, 0.3) is 154 Å². The first-order valence-corrected chi connectivity index (χ1v) is 29.6. The fourth-order valence-electron chi connectivity index (χ4n) is 15.4. The Morgan fingerprint density at radius 2 is 0.464 bits per heavy atom. The number of pyridine rings is 1. The lowest BCUT2D eigenvalue weighted by atomic mass is 9.80. The van der Waals surface area contributed by atoms with Gasteiger partial charge in [0.05, 0.1) is 5.52 Å². The third-order valence-corrected chi connectivity index (χ3v) is 19.3. The smallest absolute Gasteiger partial charge is 0.0792 e. The Labute approximate surface area is 489 Å². The molecule has 0 unspecified atom stereocenters. The second-order valence-corrected chi connectivity index (χ2v) is 24.4. The molecule has 0 spiro atoms. The van der Waals surface area contributed by atoms with Crippen LogP contribution >= 0.6 is 0 Å². The number of hydrogen-bond acceptors (Lipinski definition) is 1. The van der Waals surface area contributed by atoms with Gasteiger partial charge in [0.15, 0.2) is 0 Å². The van der Waals surface area contributed by atoms with E-state index in [1.165, 1.54) is 148 Å². The van der Waals surface area contributed by atoms with Gasteiger partial charge in [-0.05, 0) is 178 Å².